The molecule has 6 nitrogen and oxygen atoms in total. The topological polar surface area (TPSA) is 78.9 Å². The summed E-state index contributed by atoms with van der Waals surface area (Å²) in [6.07, 6.45) is 91.4. The van der Waals surface area contributed by atoms with E-state index in [4.69, 9.17) is 14.2 Å². The molecule has 0 rings (SSSR count). The summed E-state index contributed by atoms with van der Waals surface area (Å²) in [4.78, 5) is 38.0. The van der Waals surface area contributed by atoms with Crippen molar-refractivity contribution in [1.82, 2.24) is 0 Å². The van der Waals surface area contributed by atoms with Crippen LogP contribution in [0.4, 0.5) is 0 Å². The lowest BCUT2D eigenvalue weighted by Crippen LogP contribution is -2.30. The summed E-state index contributed by atoms with van der Waals surface area (Å²) in [5.41, 5.74) is 0. The second-order valence-electron chi connectivity index (χ2n) is 22.0. The number of carbonyl (C=O) groups excluding carboxylic acids is 3. The van der Waals surface area contributed by atoms with Crippen LogP contribution in [0.3, 0.4) is 0 Å². The van der Waals surface area contributed by atoms with E-state index >= 15 is 0 Å². The third kappa shape index (κ3) is 64.8. The summed E-state index contributed by atoms with van der Waals surface area (Å²) in [6, 6.07) is 0. The first-order valence-electron chi connectivity index (χ1n) is 33.4. The maximum absolute atomic E-state index is 12.8. The van der Waals surface area contributed by atoms with Gasteiger partial charge in [0.2, 0.25) is 0 Å². The molecule has 0 aliphatic carbocycles. The Morgan fingerprint density at radius 2 is 0.494 bits per heavy atom. The molecule has 0 aromatic carbocycles. The Hall–Kier alpha value is -3.93. The van der Waals surface area contributed by atoms with Crippen LogP contribution in [0.25, 0.3) is 0 Å². The Balaban J connectivity index is 4.09. The molecule has 0 heterocycles. The van der Waals surface area contributed by atoms with Crippen molar-refractivity contribution in [2.45, 2.75) is 322 Å². The highest BCUT2D eigenvalue weighted by Gasteiger charge is 2.19. The Morgan fingerprint density at radius 3 is 0.772 bits per heavy atom. The average Bonchev–Trinajstić information content (AvgIpc) is 3.45. The maximum Gasteiger partial charge on any atom is 0.306 e. The van der Waals surface area contributed by atoms with E-state index < -0.39 is 6.10 Å². The highest BCUT2D eigenvalue weighted by molar-refractivity contribution is 5.71. The van der Waals surface area contributed by atoms with Gasteiger partial charge in [0.15, 0.2) is 6.10 Å². The first kappa shape index (κ1) is 75.1. The van der Waals surface area contributed by atoms with Gasteiger partial charge in [0, 0.05) is 19.3 Å². The summed E-state index contributed by atoms with van der Waals surface area (Å²) < 4.78 is 16.8. The Labute approximate surface area is 489 Å². The number of unbranched alkanes of at least 4 members (excludes halogenated alkanes) is 31. The number of allylic oxidation sites excluding steroid dienone is 18. The van der Waals surface area contributed by atoms with Crippen molar-refractivity contribution < 1.29 is 28.6 Å². The molecule has 0 bridgehead atoms. The standard InChI is InChI=1S/C73H124O6/c1-4-7-10-13-16-18-20-22-24-26-28-30-31-32-33-34-35-36-37-38-39-40-41-42-43-44-46-47-49-51-53-55-57-60-63-66-72(75)78-69-70(68-77-71(74)65-62-59-15-12-9-6-3)79-73(76)67-64-61-58-56-54-52-50-48-45-29-27-25-23-21-19-17-14-11-8-5-2/h7,10,16,18,22,24,28,30,32-33,35-36,38-39,41-42,44,46,70H,4-6,8-9,11-15,17,19-21,23,25-27,29,31,34,37,40,43,45,47-69H2,1-3H3/b10-7-,18-16-,24-22-,30-28-,33-32-,36-35-,39-38-,42-41-,46-44-. The summed E-state index contributed by atoms with van der Waals surface area (Å²) in [5.74, 6) is -0.889. The average molecular weight is 1100 g/mol. The summed E-state index contributed by atoms with van der Waals surface area (Å²) >= 11 is 0. The lowest BCUT2D eigenvalue weighted by Gasteiger charge is -2.18. The van der Waals surface area contributed by atoms with Crippen molar-refractivity contribution >= 4 is 17.9 Å². The van der Waals surface area contributed by atoms with Gasteiger partial charge in [-0.1, -0.05) is 316 Å². The highest BCUT2D eigenvalue weighted by atomic mass is 16.6. The Kier molecular flexibility index (Phi) is 63.3. The number of hydrogen-bond acceptors (Lipinski definition) is 6. The number of esters is 3. The van der Waals surface area contributed by atoms with Gasteiger partial charge in [-0.3, -0.25) is 14.4 Å². The van der Waals surface area contributed by atoms with Gasteiger partial charge in [-0.25, -0.2) is 0 Å². The first-order chi connectivity index (χ1) is 39.0. The van der Waals surface area contributed by atoms with Crippen molar-refractivity contribution in [1.29, 1.82) is 0 Å². The van der Waals surface area contributed by atoms with Gasteiger partial charge in [-0.05, 0) is 89.9 Å². The minimum atomic E-state index is -0.778. The fourth-order valence-corrected chi connectivity index (χ4v) is 9.32. The lowest BCUT2D eigenvalue weighted by molar-refractivity contribution is -0.167. The van der Waals surface area contributed by atoms with Gasteiger partial charge in [-0.2, -0.15) is 0 Å². The van der Waals surface area contributed by atoms with Crippen LogP contribution in [0.5, 0.6) is 0 Å². The first-order valence-corrected chi connectivity index (χ1v) is 33.4. The van der Waals surface area contributed by atoms with Crippen molar-refractivity contribution in [3.8, 4) is 0 Å². The van der Waals surface area contributed by atoms with E-state index in [1.807, 2.05) is 0 Å². The third-order valence-corrected chi connectivity index (χ3v) is 14.3. The molecule has 0 amide bonds. The quantitative estimate of drug-likeness (QED) is 0.0261. The molecule has 0 saturated heterocycles. The highest BCUT2D eigenvalue weighted by Crippen LogP contribution is 2.17. The van der Waals surface area contributed by atoms with Gasteiger partial charge >= 0.3 is 17.9 Å². The van der Waals surface area contributed by atoms with Gasteiger partial charge in [0.25, 0.3) is 0 Å². The molecule has 0 fully saturated rings. The molecule has 0 radical (unpaired) electrons. The fourth-order valence-electron chi connectivity index (χ4n) is 9.32. The molecule has 0 aromatic heterocycles. The summed E-state index contributed by atoms with van der Waals surface area (Å²) in [7, 11) is 0. The van der Waals surface area contributed by atoms with Crippen LogP contribution in [-0.4, -0.2) is 37.2 Å². The van der Waals surface area contributed by atoms with Crippen LogP contribution in [0, 0.1) is 0 Å². The molecule has 0 aliphatic rings. The molecule has 0 N–H and O–H groups in total. The van der Waals surface area contributed by atoms with Gasteiger partial charge in [0.1, 0.15) is 13.2 Å². The number of ether oxygens (including phenoxy) is 3. The monoisotopic (exact) mass is 1100 g/mol. The van der Waals surface area contributed by atoms with E-state index in [9.17, 15) is 14.4 Å². The molecule has 0 saturated carbocycles. The third-order valence-electron chi connectivity index (χ3n) is 14.3. The van der Waals surface area contributed by atoms with Gasteiger partial charge in [-0.15, -0.1) is 0 Å². The lowest BCUT2D eigenvalue weighted by atomic mass is 10.0. The second kappa shape index (κ2) is 66.6. The van der Waals surface area contributed by atoms with Crippen LogP contribution < -0.4 is 0 Å². The molecule has 6 heteroatoms. The van der Waals surface area contributed by atoms with Crippen molar-refractivity contribution in [2.24, 2.45) is 0 Å². The molecule has 79 heavy (non-hydrogen) atoms. The smallest absolute Gasteiger partial charge is 0.306 e. The van der Waals surface area contributed by atoms with Crippen molar-refractivity contribution in [3.63, 3.8) is 0 Å². The van der Waals surface area contributed by atoms with Crippen LogP contribution in [0.15, 0.2) is 109 Å². The molecular weight excluding hydrogens is 973 g/mol. The zero-order chi connectivity index (χ0) is 57.1. The second-order valence-corrected chi connectivity index (χ2v) is 22.0. The number of carbonyl (C=O) groups is 3. The predicted octanol–water partition coefficient (Wildman–Crippen LogP) is 23.0. The molecule has 1 unspecified atom stereocenters. The Morgan fingerprint density at radius 1 is 0.266 bits per heavy atom. The van der Waals surface area contributed by atoms with E-state index in [1.165, 1.54) is 154 Å². The predicted molar refractivity (Wildman–Crippen MR) is 343 cm³/mol. The van der Waals surface area contributed by atoms with Crippen LogP contribution in [-0.2, 0) is 28.6 Å². The largest absolute Gasteiger partial charge is 0.462 e. The van der Waals surface area contributed by atoms with E-state index in [0.717, 1.165) is 122 Å². The van der Waals surface area contributed by atoms with Crippen molar-refractivity contribution in [2.75, 3.05) is 13.2 Å². The van der Waals surface area contributed by atoms with Crippen molar-refractivity contribution in [3.05, 3.63) is 109 Å². The SMILES string of the molecule is CC/C=C\C/C=C\C/C=C\C/C=C\C/C=C\C/C=C\C/C=C\C/C=C\C/C=C\CCCCCCCCCC(=O)OCC(COC(=O)CCCCCCCC)OC(=O)CCCCCCCCCCCCCCCCCCCCCC. The minimum Gasteiger partial charge on any atom is -0.462 e. The number of hydrogen-bond donors (Lipinski definition) is 0. The van der Waals surface area contributed by atoms with E-state index in [1.54, 1.807) is 0 Å². The molecule has 0 aromatic rings. The molecule has 452 valence electrons. The van der Waals surface area contributed by atoms with E-state index in [0.29, 0.717) is 19.3 Å². The zero-order valence-corrected chi connectivity index (χ0v) is 51.9. The molecule has 0 aliphatic heterocycles. The van der Waals surface area contributed by atoms with Crippen LogP contribution >= 0.6 is 0 Å². The van der Waals surface area contributed by atoms with Gasteiger partial charge in [0.05, 0.1) is 0 Å². The number of rotatable bonds is 60. The normalized spacial score (nSPS) is 12.8. The minimum absolute atomic E-state index is 0.0785. The Bertz CT molecular complexity index is 1590. The zero-order valence-electron chi connectivity index (χ0n) is 51.9. The molecular formula is C73H124O6. The van der Waals surface area contributed by atoms with E-state index in [2.05, 4.69) is 130 Å². The summed E-state index contributed by atoms with van der Waals surface area (Å²) in [6.45, 7) is 6.49. The maximum atomic E-state index is 12.8. The summed E-state index contributed by atoms with van der Waals surface area (Å²) in [5, 5.41) is 0. The fraction of sp³-hybridized carbons (Fsp3) is 0.712. The van der Waals surface area contributed by atoms with Crippen LogP contribution in [0.1, 0.15) is 316 Å². The molecule has 0 spiro atoms. The van der Waals surface area contributed by atoms with E-state index in [-0.39, 0.29) is 31.1 Å². The van der Waals surface area contributed by atoms with Crippen LogP contribution in [0.2, 0.25) is 0 Å². The van der Waals surface area contributed by atoms with Gasteiger partial charge < -0.3 is 14.2 Å². The molecule has 1 atom stereocenters.